The second-order valence-corrected chi connectivity index (χ2v) is 9.83. The maximum absolute atomic E-state index is 13.6. The molecule has 0 aliphatic carbocycles. The van der Waals surface area contributed by atoms with Crippen LogP contribution in [0.2, 0.25) is 0 Å². The van der Waals surface area contributed by atoms with E-state index in [1.165, 1.54) is 12.1 Å². The molecule has 7 heteroatoms. The summed E-state index contributed by atoms with van der Waals surface area (Å²) in [6.07, 6.45) is 5.39. The van der Waals surface area contributed by atoms with Gasteiger partial charge in [0.25, 0.3) is 0 Å². The number of aromatic nitrogens is 3. The van der Waals surface area contributed by atoms with Crippen molar-refractivity contribution >= 4 is 0 Å². The Balaban J connectivity index is 1.15. The quantitative estimate of drug-likeness (QED) is 0.192. The maximum atomic E-state index is 13.6. The van der Waals surface area contributed by atoms with E-state index in [1.807, 2.05) is 60.7 Å². The third-order valence-corrected chi connectivity index (χ3v) is 7.16. The highest BCUT2D eigenvalue weighted by atomic mass is 19.1. The molecule has 6 rings (SSSR count). The minimum absolute atomic E-state index is 0.148. The molecule has 0 radical (unpaired) electrons. The van der Waals surface area contributed by atoms with E-state index in [4.69, 9.17) is 19.2 Å². The fourth-order valence-corrected chi connectivity index (χ4v) is 5.15. The van der Waals surface area contributed by atoms with E-state index in [1.54, 1.807) is 31.6 Å². The molecule has 5 aromatic rings. The highest BCUT2D eigenvalue weighted by Crippen LogP contribution is 2.39. The molecular formula is C33H30FN3O3. The fraction of sp³-hybridized carbons (Fsp3) is 0.212. The van der Waals surface area contributed by atoms with Crippen molar-refractivity contribution in [3.8, 4) is 34.0 Å². The molecule has 3 aromatic carbocycles. The van der Waals surface area contributed by atoms with E-state index in [0.29, 0.717) is 19.8 Å². The van der Waals surface area contributed by atoms with Gasteiger partial charge in [-0.05, 0) is 78.2 Å². The number of methoxy groups -OCH3 is 1. The Kier molecular flexibility index (Phi) is 7.55. The average molecular weight is 536 g/mol. The van der Waals surface area contributed by atoms with Crippen molar-refractivity contribution in [2.45, 2.75) is 32.1 Å². The Hall–Kier alpha value is -4.49. The van der Waals surface area contributed by atoms with Crippen LogP contribution in [0.1, 0.15) is 29.4 Å². The number of pyridine rings is 1. The summed E-state index contributed by atoms with van der Waals surface area (Å²) in [6.45, 7) is 1.52. The Labute approximate surface area is 233 Å². The summed E-state index contributed by atoms with van der Waals surface area (Å²) in [7, 11) is 1.66. The topological polar surface area (TPSA) is 58.4 Å². The number of imidazole rings is 1. The molecule has 1 unspecified atom stereocenters. The molecule has 1 aliphatic rings. The molecular weight excluding hydrogens is 505 g/mol. The number of rotatable bonds is 10. The van der Waals surface area contributed by atoms with Crippen molar-refractivity contribution in [1.82, 2.24) is 14.5 Å². The SMILES string of the molecule is COc1ccc(COc2cccc(COCC3CCc4nc(-c5ccc(F)cc5)c(-c5ccncc5)n43)c2)cc1. The Morgan fingerprint density at radius 3 is 2.42 bits per heavy atom. The van der Waals surface area contributed by atoms with E-state index in [2.05, 4.69) is 9.55 Å². The van der Waals surface area contributed by atoms with Crippen LogP contribution in [0.15, 0.2) is 97.3 Å². The van der Waals surface area contributed by atoms with Crippen molar-refractivity contribution in [2.24, 2.45) is 0 Å². The first-order valence-corrected chi connectivity index (χ1v) is 13.4. The first-order valence-electron chi connectivity index (χ1n) is 13.4. The molecule has 0 fully saturated rings. The zero-order chi connectivity index (χ0) is 27.3. The third-order valence-electron chi connectivity index (χ3n) is 7.16. The van der Waals surface area contributed by atoms with Gasteiger partial charge in [0.15, 0.2) is 0 Å². The molecule has 0 spiro atoms. The first kappa shape index (κ1) is 25.8. The van der Waals surface area contributed by atoms with Crippen LogP contribution in [0.3, 0.4) is 0 Å². The monoisotopic (exact) mass is 535 g/mol. The van der Waals surface area contributed by atoms with Crippen LogP contribution in [0, 0.1) is 5.82 Å². The lowest BCUT2D eigenvalue weighted by atomic mass is 10.0. The van der Waals surface area contributed by atoms with Gasteiger partial charge in [-0.25, -0.2) is 9.37 Å². The molecule has 1 aliphatic heterocycles. The van der Waals surface area contributed by atoms with Crippen molar-refractivity contribution < 1.29 is 18.6 Å². The zero-order valence-electron chi connectivity index (χ0n) is 22.3. The van der Waals surface area contributed by atoms with Gasteiger partial charge in [-0.1, -0.05) is 24.3 Å². The molecule has 0 N–H and O–H groups in total. The lowest BCUT2D eigenvalue weighted by Gasteiger charge is -2.18. The van der Waals surface area contributed by atoms with Crippen LogP contribution in [0.25, 0.3) is 22.5 Å². The van der Waals surface area contributed by atoms with Crippen LogP contribution in [0.5, 0.6) is 11.5 Å². The summed E-state index contributed by atoms with van der Waals surface area (Å²) < 4.78 is 33.4. The molecule has 1 atom stereocenters. The van der Waals surface area contributed by atoms with Crippen molar-refractivity contribution in [2.75, 3.05) is 13.7 Å². The van der Waals surface area contributed by atoms with Gasteiger partial charge < -0.3 is 18.8 Å². The summed E-state index contributed by atoms with van der Waals surface area (Å²) in [5, 5.41) is 0. The van der Waals surface area contributed by atoms with E-state index in [-0.39, 0.29) is 11.9 Å². The van der Waals surface area contributed by atoms with Crippen LogP contribution in [0.4, 0.5) is 4.39 Å². The van der Waals surface area contributed by atoms with Crippen molar-refractivity contribution in [3.63, 3.8) is 0 Å². The Morgan fingerprint density at radius 2 is 1.65 bits per heavy atom. The van der Waals surface area contributed by atoms with E-state index in [9.17, 15) is 4.39 Å². The second kappa shape index (κ2) is 11.7. The first-order chi connectivity index (χ1) is 19.7. The largest absolute Gasteiger partial charge is 0.497 e. The number of nitrogens with zero attached hydrogens (tertiary/aromatic N) is 3. The summed E-state index contributed by atoms with van der Waals surface area (Å²) >= 11 is 0. The molecule has 0 bridgehead atoms. The van der Waals surface area contributed by atoms with Gasteiger partial charge in [-0.15, -0.1) is 0 Å². The van der Waals surface area contributed by atoms with Crippen molar-refractivity contribution in [3.05, 3.63) is 120 Å². The lowest BCUT2D eigenvalue weighted by molar-refractivity contribution is 0.0923. The highest BCUT2D eigenvalue weighted by Gasteiger charge is 2.30. The summed E-state index contributed by atoms with van der Waals surface area (Å²) in [6, 6.07) is 26.5. The number of hydrogen-bond acceptors (Lipinski definition) is 5. The predicted molar refractivity (Wildman–Crippen MR) is 152 cm³/mol. The van der Waals surface area contributed by atoms with Crippen molar-refractivity contribution in [1.29, 1.82) is 0 Å². The molecule has 40 heavy (non-hydrogen) atoms. The summed E-state index contributed by atoms with van der Waals surface area (Å²) in [4.78, 5) is 9.18. The molecule has 0 amide bonds. The minimum Gasteiger partial charge on any atom is -0.497 e. The zero-order valence-corrected chi connectivity index (χ0v) is 22.3. The van der Waals surface area contributed by atoms with Gasteiger partial charge in [0.05, 0.1) is 37.8 Å². The minimum atomic E-state index is -0.262. The summed E-state index contributed by atoms with van der Waals surface area (Å²) in [5.41, 5.74) is 5.92. The predicted octanol–water partition coefficient (Wildman–Crippen LogP) is 7.04. The highest BCUT2D eigenvalue weighted by molar-refractivity contribution is 5.79. The maximum Gasteiger partial charge on any atom is 0.123 e. The smallest absolute Gasteiger partial charge is 0.123 e. The summed E-state index contributed by atoms with van der Waals surface area (Å²) in [5.74, 6) is 2.39. The molecule has 0 saturated heterocycles. The van der Waals surface area contributed by atoms with Gasteiger partial charge in [0.1, 0.15) is 29.7 Å². The molecule has 0 saturated carbocycles. The molecule has 2 aromatic heterocycles. The number of benzene rings is 3. The molecule has 202 valence electrons. The van der Waals surface area contributed by atoms with Crippen LogP contribution in [-0.2, 0) is 24.4 Å². The van der Waals surface area contributed by atoms with Gasteiger partial charge in [-0.3, -0.25) is 4.98 Å². The Bertz CT molecular complexity index is 1570. The number of hydrogen-bond donors (Lipinski definition) is 0. The van der Waals surface area contributed by atoms with Gasteiger partial charge in [-0.2, -0.15) is 0 Å². The number of fused-ring (bicyclic) bond motifs is 1. The van der Waals surface area contributed by atoms with Crippen LogP contribution < -0.4 is 9.47 Å². The number of aryl methyl sites for hydroxylation is 1. The fourth-order valence-electron chi connectivity index (χ4n) is 5.15. The van der Waals surface area contributed by atoms with E-state index in [0.717, 1.165) is 63.8 Å². The number of ether oxygens (including phenoxy) is 3. The van der Waals surface area contributed by atoms with Crippen LogP contribution >= 0.6 is 0 Å². The molecule has 6 nitrogen and oxygen atoms in total. The van der Waals surface area contributed by atoms with Gasteiger partial charge in [0.2, 0.25) is 0 Å². The van der Waals surface area contributed by atoms with Crippen LogP contribution in [-0.4, -0.2) is 28.3 Å². The molecule has 3 heterocycles. The normalized spacial score (nSPS) is 14.2. The average Bonchev–Trinajstić information content (AvgIpc) is 3.57. The van der Waals surface area contributed by atoms with Gasteiger partial charge in [0, 0.05) is 29.9 Å². The standard InChI is InChI=1S/C33H30FN3O3/c1-38-29-12-5-23(6-13-29)21-40-30-4-2-3-24(19-30)20-39-22-28-11-14-31-36-32(25-7-9-27(34)10-8-25)33(37(28)31)26-15-17-35-18-16-26/h2-10,12-13,15-19,28H,11,14,20-22H2,1H3. The van der Waals surface area contributed by atoms with Gasteiger partial charge >= 0.3 is 0 Å². The second-order valence-electron chi connectivity index (χ2n) is 9.83. The van der Waals surface area contributed by atoms with E-state index >= 15 is 0 Å². The third kappa shape index (κ3) is 5.60. The lowest BCUT2D eigenvalue weighted by Crippen LogP contribution is -2.13. The number of halogens is 1. The van der Waals surface area contributed by atoms with E-state index < -0.39 is 0 Å². The Morgan fingerprint density at radius 1 is 0.850 bits per heavy atom.